The summed E-state index contributed by atoms with van der Waals surface area (Å²) in [5, 5.41) is 3.18. The molecule has 1 saturated carbocycles. The minimum Gasteiger partial charge on any atom is -0.355 e. The molecule has 2 rings (SSSR count). The minimum absolute atomic E-state index is 0.226. The largest absolute Gasteiger partial charge is 0.355 e. The van der Waals surface area contributed by atoms with Crippen molar-refractivity contribution in [2.24, 2.45) is 17.1 Å². The van der Waals surface area contributed by atoms with Crippen molar-refractivity contribution >= 4 is 17.7 Å². The summed E-state index contributed by atoms with van der Waals surface area (Å²) in [6, 6.07) is 0. The van der Waals surface area contributed by atoms with E-state index in [9.17, 15) is 4.79 Å². The van der Waals surface area contributed by atoms with Crippen LogP contribution in [0.4, 0.5) is 0 Å². The van der Waals surface area contributed by atoms with Crippen LogP contribution in [0.3, 0.4) is 0 Å². The van der Waals surface area contributed by atoms with E-state index < -0.39 is 0 Å². The average molecular weight is 270 g/mol. The summed E-state index contributed by atoms with van der Waals surface area (Å²) in [4.78, 5) is 12.5. The maximum absolute atomic E-state index is 12.5. The molecule has 1 unspecified atom stereocenters. The van der Waals surface area contributed by atoms with Gasteiger partial charge in [0.25, 0.3) is 0 Å². The van der Waals surface area contributed by atoms with Crippen molar-refractivity contribution in [1.29, 1.82) is 0 Å². The molecular formula is C14H26N2OS. The average Bonchev–Trinajstić information content (AvgIpc) is 2.79. The van der Waals surface area contributed by atoms with Gasteiger partial charge >= 0.3 is 0 Å². The zero-order valence-electron chi connectivity index (χ0n) is 11.2. The van der Waals surface area contributed by atoms with Gasteiger partial charge in [0.2, 0.25) is 5.91 Å². The molecule has 18 heavy (non-hydrogen) atoms. The van der Waals surface area contributed by atoms with Crippen LogP contribution in [-0.2, 0) is 4.79 Å². The van der Waals surface area contributed by atoms with Crippen LogP contribution in [0, 0.1) is 11.3 Å². The van der Waals surface area contributed by atoms with Gasteiger partial charge in [0.05, 0.1) is 5.41 Å². The Kier molecular flexibility index (Phi) is 5.37. The molecule has 1 saturated heterocycles. The molecule has 3 N–H and O–H groups in total. The monoisotopic (exact) mass is 270 g/mol. The van der Waals surface area contributed by atoms with Crippen LogP contribution >= 0.6 is 11.8 Å². The fourth-order valence-electron chi connectivity index (χ4n) is 3.10. The van der Waals surface area contributed by atoms with Crippen LogP contribution in [-0.4, -0.2) is 30.5 Å². The van der Waals surface area contributed by atoms with Gasteiger partial charge in [0, 0.05) is 13.1 Å². The number of nitrogens with two attached hydrogens (primary N) is 1. The Morgan fingerprint density at radius 3 is 2.56 bits per heavy atom. The van der Waals surface area contributed by atoms with Crippen LogP contribution < -0.4 is 11.1 Å². The molecule has 1 atom stereocenters. The smallest absolute Gasteiger partial charge is 0.227 e. The number of hydrogen-bond donors (Lipinski definition) is 2. The Hall–Kier alpha value is -0.220. The second-order valence-electron chi connectivity index (χ2n) is 5.84. The third-order valence-corrected chi connectivity index (χ3v) is 5.74. The number of carbonyl (C=O) groups is 1. The van der Waals surface area contributed by atoms with Gasteiger partial charge in [-0.25, -0.2) is 0 Å². The summed E-state index contributed by atoms with van der Waals surface area (Å²) in [5.41, 5.74) is 5.67. The molecule has 2 fully saturated rings. The standard InChI is InChI=1S/C14H26N2OS/c15-11-14(6-3-1-2-4-7-14)13(17)16-9-12-5-8-18-10-12/h12H,1-11,15H2,(H,16,17). The second-order valence-corrected chi connectivity index (χ2v) is 6.99. The van der Waals surface area contributed by atoms with Crippen LogP contribution in [0.1, 0.15) is 44.9 Å². The molecule has 2 aliphatic rings. The summed E-state index contributed by atoms with van der Waals surface area (Å²) in [6.07, 6.45) is 8.04. The maximum atomic E-state index is 12.5. The highest BCUT2D eigenvalue weighted by Gasteiger charge is 2.37. The highest BCUT2D eigenvalue weighted by Crippen LogP contribution is 2.34. The number of rotatable bonds is 4. The lowest BCUT2D eigenvalue weighted by atomic mass is 9.79. The fraction of sp³-hybridized carbons (Fsp3) is 0.929. The van der Waals surface area contributed by atoms with Gasteiger partial charge in [-0.2, -0.15) is 11.8 Å². The van der Waals surface area contributed by atoms with Gasteiger partial charge in [-0.05, 0) is 36.7 Å². The van der Waals surface area contributed by atoms with Gasteiger partial charge in [-0.1, -0.05) is 25.7 Å². The van der Waals surface area contributed by atoms with E-state index >= 15 is 0 Å². The number of thioether (sulfide) groups is 1. The van der Waals surface area contributed by atoms with Crippen molar-refractivity contribution in [2.45, 2.75) is 44.9 Å². The normalized spacial score (nSPS) is 27.7. The minimum atomic E-state index is -0.262. The third-order valence-electron chi connectivity index (χ3n) is 4.51. The van der Waals surface area contributed by atoms with E-state index in [2.05, 4.69) is 5.32 Å². The van der Waals surface area contributed by atoms with Crippen molar-refractivity contribution in [3.63, 3.8) is 0 Å². The summed E-state index contributed by atoms with van der Waals surface area (Å²) >= 11 is 2.00. The summed E-state index contributed by atoms with van der Waals surface area (Å²) in [7, 11) is 0. The van der Waals surface area contributed by atoms with E-state index in [1.54, 1.807) is 0 Å². The molecule has 3 nitrogen and oxygen atoms in total. The van der Waals surface area contributed by atoms with E-state index in [0.29, 0.717) is 12.5 Å². The van der Waals surface area contributed by atoms with Crippen LogP contribution in [0.2, 0.25) is 0 Å². The molecule has 104 valence electrons. The molecule has 1 heterocycles. The quantitative estimate of drug-likeness (QED) is 0.770. The Bertz CT molecular complexity index is 269. The first-order valence-corrected chi connectivity index (χ1v) is 8.48. The molecule has 0 aromatic rings. The lowest BCUT2D eigenvalue weighted by molar-refractivity contribution is -0.131. The highest BCUT2D eigenvalue weighted by molar-refractivity contribution is 7.99. The van der Waals surface area contributed by atoms with Gasteiger partial charge in [0.1, 0.15) is 0 Å². The Balaban J connectivity index is 1.86. The van der Waals surface area contributed by atoms with E-state index in [1.807, 2.05) is 11.8 Å². The van der Waals surface area contributed by atoms with E-state index in [0.717, 1.165) is 32.2 Å². The van der Waals surface area contributed by atoms with Gasteiger partial charge in [0.15, 0.2) is 0 Å². The first-order chi connectivity index (χ1) is 8.77. The van der Waals surface area contributed by atoms with E-state index in [-0.39, 0.29) is 11.3 Å². The van der Waals surface area contributed by atoms with Crippen molar-refractivity contribution in [1.82, 2.24) is 5.32 Å². The van der Waals surface area contributed by atoms with Crippen molar-refractivity contribution in [3.05, 3.63) is 0 Å². The fourth-order valence-corrected chi connectivity index (χ4v) is 4.38. The summed E-state index contributed by atoms with van der Waals surface area (Å²) < 4.78 is 0. The van der Waals surface area contributed by atoms with Gasteiger partial charge < -0.3 is 11.1 Å². The molecule has 1 aliphatic heterocycles. The van der Waals surface area contributed by atoms with Crippen molar-refractivity contribution in [3.8, 4) is 0 Å². The number of hydrogen-bond acceptors (Lipinski definition) is 3. The molecule has 0 aromatic carbocycles. The number of nitrogens with one attached hydrogen (secondary N) is 1. The summed E-state index contributed by atoms with van der Waals surface area (Å²) in [6.45, 7) is 1.37. The Labute approximate surface area is 115 Å². The van der Waals surface area contributed by atoms with Crippen LogP contribution in [0.15, 0.2) is 0 Å². The van der Waals surface area contributed by atoms with Crippen molar-refractivity contribution < 1.29 is 4.79 Å². The Morgan fingerprint density at radius 2 is 2.00 bits per heavy atom. The Morgan fingerprint density at radius 1 is 1.28 bits per heavy atom. The van der Waals surface area contributed by atoms with Crippen LogP contribution in [0.25, 0.3) is 0 Å². The van der Waals surface area contributed by atoms with Crippen molar-refractivity contribution in [2.75, 3.05) is 24.6 Å². The van der Waals surface area contributed by atoms with Gasteiger partial charge in [-0.15, -0.1) is 0 Å². The van der Waals surface area contributed by atoms with E-state index in [1.165, 1.54) is 30.8 Å². The second kappa shape index (κ2) is 6.80. The predicted octanol–water partition coefficient (Wildman–Crippen LogP) is 2.15. The van der Waals surface area contributed by atoms with Crippen LogP contribution in [0.5, 0.6) is 0 Å². The summed E-state index contributed by atoms with van der Waals surface area (Å²) in [5.74, 6) is 3.36. The topological polar surface area (TPSA) is 55.1 Å². The maximum Gasteiger partial charge on any atom is 0.227 e. The molecular weight excluding hydrogens is 244 g/mol. The number of carbonyl (C=O) groups excluding carboxylic acids is 1. The number of amides is 1. The molecule has 1 amide bonds. The lowest BCUT2D eigenvalue weighted by Gasteiger charge is -2.30. The predicted molar refractivity (Wildman–Crippen MR) is 77.6 cm³/mol. The zero-order chi connectivity index (χ0) is 12.8. The lowest BCUT2D eigenvalue weighted by Crippen LogP contribution is -2.47. The molecule has 1 aliphatic carbocycles. The molecule has 0 spiro atoms. The molecule has 0 aromatic heterocycles. The molecule has 0 bridgehead atoms. The van der Waals surface area contributed by atoms with Gasteiger partial charge in [-0.3, -0.25) is 4.79 Å². The van der Waals surface area contributed by atoms with E-state index in [4.69, 9.17) is 5.73 Å². The molecule has 0 radical (unpaired) electrons. The highest BCUT2D eigenvalue weighted by atomic mass is 32.2. The SMILES string of the molecule is NCC1(C(=O)NCC2CCSC2)CCCCCC1. The third kappa shape index (κ3) is 3.41. The molecule has 4 heteroatoms. The first-order valence-electron chi connectivity index (χ1n) is 7.33. The first kappa shape index (κ1) is 14.2. The zero-order valence-corrected chi connectivity index (χ0v) is 12.1.